The minimum Gasteiger partial charge on any atom is -0.481 e. The molecule has 0 amide bonds. The van der Waals surface area contributed by atoms with Crippen LogP contribution in [0.2, 0.25) is 0 Å². The van der Waals surface area contributed by atoms with Crippen LogP contribution < -0.4 is 0 Å². The number of carbonyl (C=O) groups is 1. The zero-order chi connectivity index (χ0) is 11.8. The summed E-state index contributed by atoms with van der Waals surface area (Å²) < 4.78 is 5.67. The van der Waals surface area contributed by atoms with Gasteiger partial charge in [0.15, 0.2) is 0 Å². The largest absolute Gasteiger partial charge is 0.481 e. The molecule has 1 N–H and O–H groups in total. The minimum atomic E-state index is -0.673. The van der Waals surface area contributed by atoms with Crippen molar-refractivity contribution >= 4 is 5.97 Å². The minimum absolute atomic E-state index is 0.183. The van der Waals surface area contributed by atoms with Crippen LogP contribution in [0.15, 0.2) is 4.42 Å². The highest BCUT2D eigenvalue weighted by Gasteiger charge is 2.33. The molecule has 2 aliphatic rings. The lowest BCUT2D eigenvalue weighted by Gasteiger charge is -2.23. The number of carboxylic acid groups (broad SMARTS) is 1. The lowest BCUT2D eigenvalue weighted by atomic mass is 9.82. The highest BCUT2D eigenvalue weighted by atomic mass is 16.4. The molecule has 3 rings (SSSR count). The van der Waals surface area contributed by atoms with Crippen LogP contribution in [0.25, 0.3) is 0 Å². The number of nitrogens with zero attached hydrogens (tertiary/aromatic N) is 2. The topological polar surface area (TPSA) is 76.2 Å². The first kappa shape index (κ1) is 10.7. The number of hydrogen-bond donors (Lipinski definition) is 1. The van der Waals surface area contributed by atoms with Gasteiger partial charge in [-0.25, -0.2) is 0 Å². The van der Waals surface area contributed by atoms with Gasteiger partial charge < -0.3 is 9.52 Å². The van der Waals surface area contributed by atoms with Crippen molar-refractivity contribution in [1.82, 2.24) is 10.2 Å². The fraction of sp³-hybridized carbons (Fsp3) is 0.750. The summed E-state index contributed by atoms with van der Waals surface area (Å²) in [4.78, 5) is 10.8. The Kier molecular flexibility index (Phi) is 2.61. The molecule has 0 unspecified atom stereocenters. The molecule has 0 spiro atoms. The maximum Gasteiger partial charge on any atom is 0.306 e. The van der Waals surface area contributed by atoms with Crippen molar-refractivity contribution in [1.29, 1.82) is 0 Å². The predicted molar refractivity (Wildman–Crippen MR) is 58.6 cm³/mol. The Labute approximate surface area is 99.2 Å². The smallest absolute Gasteiger partial charge is 0.306 e. The number of aromatic nitrogens is 2. The van der Waals surface area contributed by atoms with E-state index in [0.29, 0.717) is 5.92 Å². The number of hydrogen-bond acceptors (Lipinski definition) is 4. The van der Waals surface area contributed by atoms with Crippen molar-refractivity contribution < 1.29 is 14.3 Å². The zero-order valence-corrected chi connectivity index (χ0v) is 9.63. The third kappa shape index (κ3) is 2.18. The van der Waals surface area contributed by atoms with Gasteiger partial charge in [0.2, 0.25) is 11.8 Å². The molecule has 92 valence electrons. The van der Waals surface area contributed by atoms with Crippen LogP contribution in [0.5, 0.6) is 0 Å². The highest BCUT2D eigenvalue weighted by molar-refractivity contribution is 5.70. The molecule has 2 aliphatic carbocycles. The SMILES string of the molecule is O=C(O)[C@H]1CC[C@H](c2nnc(C3CC3)o2)CC1. The summed E-state index contributed by atoms with van der Waals surface area (Å²) in [5.41, 5.74) is 0. The first-order chi connectivity index (χ1) is 8.24. The molecular formula is C12H16N2O3. The molecule has 1 heterocycles. The first-order valence-electron chi connectivity index (χ1n) is 6.30. The predicted octanol–water partition coefficient (Wildman–Crippen LogP) is 2.31. The third-order valence-electron chi connectivity index (χ3n) is 3.81. The first-order valence-corrected chi connectivity index (χ1v) is 6.30. The van der Waals surface area contributed by atoms with Gasteiger partial charge in [-0.3, -0.25) is 4.79 Å². The summed E-state index contributed by atoms with van der Waals surface area (Å²) in [7, 11) is 0. The van der Waals surface area contributed by atoms with Crippen molar-refractivity contribution in [3.05, 3.63) is 11.8 Å². The molecule has 5 nitrogen and oxygen atoms in total. The van der Waals surface area contributed by atoms with Crippen LogP contribution in [-0.2, 0) is 4.79 Å². The molecule has 17 heavy (non-hydrogen) atoms. The summed E-state index contributed by atoms with van der Waals surface area (Å²) in [5.74, 6) is 1.40. The fourth-order valence-corrected chi connectivity index (χ4v) is 2.49. The Morgan fingerprint density at radius 3 is 1.88 bits per heavy atom. The normalized spacial score (nSPS) is 29.2. The summed E-state index contributed by atoms with van der Waals surface area (Å²) in [6.07, 6.45) is 5.47. The Balaban J connectivity index is 1.63. The van der Waals surface area contributed by atoms with E-state index in [1.165, 1.54) is 0 Å². The molecule has 2 saturated carbocycles. The standard InChI is InChI=1S/C12H16N2O3/c15-12(16)9-5-3-8(4-6-9)11-14-13-10(17-11)7-1-2-7/h7-9H,1-6H2,(H,15,16)/t8-,9-. The molecule has 0 atom stereocenters. The van der Waals surface area contributed by atoms with Gasteiger partial charge in [0, 0.05) is 11.8 Å². The van der Waals surface area contributed by atoms with Crippen LogP contribution in [0, 0.1) is 5.92 Å². The van der Waals surface area contributed by atoms with Crippen molar-refractivity contribution in [2.24, 2.45) is 5.92 Å². The van der Waals surface area contributed by atoms with Crippen LogP contribution >= 0.6 is 0 Å². The van der Waals surface area contributed by atoms with Crippen molar-refractivity contribution in [3.8, 4) is 0 Å². The third-order valence-corrected chi connectivity index (χ3v) is 3.81. The van der Waals surface area contributed by atoms with Gasteiger partial charge in [0.05, 0.1) is 5.92 Å². The van der Waals surface area contributed by atoms with Gasteiger partial charge >= 0.3 is 5.97 Å². The average molecular weight is 236 g/mol. The zero-order valence-electron chi connectivity index (χ0n) is 9.63. The Bertz CT molecular complexity index is 417. The quantitative estimate of drug-likeness (QED) is 0.871. The van der Waals surface area contributed by atoms with Gasteiger partial charge in [-0.1, -0.05) is 0 Å². The lowest BCUT2D eigenvalue weighted by molar-refractivity contribution is -0.142. The van der Waals surface area contributed by atoms with Gasteiger partial charge in [0.25, 0.3) is 0 Å². The van der Waals surface area contributed by atoms with Crippen molar-refractivity contribution in [2.75, 3.05) is 0 Å². The summed E-state index contributed by atoms with van der Waals surface area (Å²) in [6.45, 7) is 0. The fourth-order valence-electron chi connectivity index (χ4n) is 2.49. The molecule has 0 saturated heterocycles. The van der Waals surface area contributed by atoms with E-state index in [-0.39, 0.29) is 11.8 Å². The van der Waals surface area contributed by atoms with E-state index in [1.807, 2.05) is 0 Å². The van der Waals surface area contributed by atoms with Crippen LogP contribution in [0.4, 0.5) is 0 Å². The second-order valence-corrected chi connectivity index (χ2v) is 5.14. The monoisotopic (exact) mass is 236 g/mol. The van der Waals surface area contributed by atoms with Crippen molar-refractivity contribution in [2.45, 2.75) is 50.4 Å². The maximum absolute atomic E-state index is 10.8. The molecule has 1 aromatic rings. The van der Waals surface area contributed by atoms with Crippen LogP contribution in [0.3, 0.4) is 0 Å². The second-order valence-electron chi connectivity index (χ2n) is 5.14. The van der Waals surface area contributed by atoms with E-state index in [2.05, 4.69) is 10.2 Å². The summed E-state index contributed by atoms with van der Waals surface area (Å²) >= 11 is 0. The Hall–Kier alpha value is -1.39. The molecule has 0 aromatic carbocycles. The molecule has 1 aromatic heterocycles. The van der Waals surface area contributed by atoms with E-state index in [0.717, 1.165) is 50.3 Å². The van der Waals surface area contributed by atoms with E-state index in [1.54, 1.807) is 0 Å². The van der Waals surface area contributed by atoms with Crippen molar-refractivity contribution in [3.63, 3.8) is 0 Å². The molecule has 0 bridgehead atoms. The number of rotatable bonds is 3. The van der Waals surface area contributed by atoms with Gasteiger partial charge in [0.1, 0.15) is 0 Å². The Morgan fingerprint density at radius 1 is 1.00 bits per heavy atom. The summed E-state index contributed by atoms with van der Waals surface area (Å²) in [5, 5.41) is 17.1. The maximum atomic E-state index is 10.8. The van der Waals surface area contributed by atoms with E-state index < -0.39 is 5.97 Å². The number of carboxylic acids is 1. The molecular weight excluding hydrogens is 220 g/mol. The summed E-state index contributed by atoms with van der Waals surface area (Å²) in [6, 6.07) is 0. The highest BCUT2D eigenvalue weighted by Crippen LogP contribution is 2.41. The van der Waals surface area contributed by atoms with E-state index >= 15 is 0 Å². The van der Waals surface area contributed by atoms with Gasteiger partial charge in [-0.2, -0.15) is 0 Å². The Morgan fingerprint density at radius 2 is 1.47 bits per heavy atom. The van der Waals surface area contributed by atoms with E-state index in [9.17, 15) is 4.79 Å². The van der Waals surface area contributed by atoms with Gasteiger partial charge in [-0.15, -0.1) is 10.2 Å². The molecule has 0 radical (unpaired) electrons. The van der Waals surface area contributed by atoms with Crippen LogP contribution in [0.1, 0.15) is 62.1 Å². The lowest BCUT2D eigenvalue weighted by Crippen LogP contribution is -2.20. The number of aliphatic carboxylic acids is 1. The van der Waals surface area contributed by atoms with Crippen LogP contribution in [-0.4, -0.2) is 21.3 Å². The molecule has 2 fully saturated rings. The van der Waals surface area contributed by atoms with Gasteiger partial charge in [-0.05, 0) is 38.5 Å². The van der Waals surface area contributed by atoms with E-state index in [4.69, 9.17) is 9.52 Å². The average Bonchev–Trinajstić information content (AvgIpc) is 3.07. The molecule has 5 heteroatoms. The molecule has 0 aliphatic heterocycles. The second kappa shape index (κ2) is 4.13.